The van der Waals surface area contributed by atoms with Crippen molar-refractivity contribution in [1.29, 1.82) is 0 Å². The number of halogens is 1. The van der Waals surface area contributed by atoms with Crippen LogP contribution in [-0.2, 0) is 16.9 Å². The number of imidazole rings is 1. The molecule has 2 unspecified atom stereocenters. The maximum atomic E-state index is 13.8. The highest BCUT2D eigenvalue weighted by molar-refractivity contribution is 6.28. The molecular formula is C22H25ClN6O. The Balaban J connectivity index is 1.36. The van der Waals surface area contributed by atoms with Gasteiger partial charge in [0.1, 0.15) is 6.33 Å². The van der Waals surface area contributed by atoms with Crippen LogP contribution < -0.4 is 5.32 Å². The van der Waals surface area contributed by atoms with Gasteiger partial charge in [0.15, 0.2) is 0 Å². The Kier molecular flexibility index (Phi) is 3.85. The summed E-state index contributed by atoms with van der Waals surface area (Å²) in [5, 5.41) is 7.96. The number of fused-ring (bicyclic) bond motifs is 1. The molecule has 4 aliphatic rings. The zero-order valence-electron chi connectivity index (χ0n) is 17.0. The maximum absolute atomic E-state index is 13.8. The fourth-order valence-electron chi connectivity index (χ4n) is 6.94. The summed E-state index contributed by atoms with van der Waals surface area (Å²) in [6.07, 6.45) is 7.78. The van der Waals surface area contributed by atoms with Crippen LogP contribution in [0.15, 0.2) is 30.6 Å². The van der Waals surface area contributed by atoms with Crippen molar-refractivity contribution in [2.75, 3.05) is 5.32 Å². The van der Waals surface area contributed by atoms with Gasteiger partial charge in [-0.2, -0.15) is 0 Å². The van der Waals surface area contributed by atoms with Crippen molar-refractivity contribution in [2.24, 2.45) is 17.3 Å². The summed E-state index contributed by atoms with van der Waals surface area (Å²) in [6.45, 7) is 2.84. The second-order valence-electron chi connectivity index (χ2n) is 9.55. The van der Waals surface area contributed by atoms with E-state index < -0.39 is 0 Å². The molecule has 7 nitrogen and oxygen atoms in total. The van der Waals surface area contributed by atoms with E-state index in [9.17, 15) is 4.79 Å². The van der Waals surface area contributed by atoms with Crippen LogP contribution in [0.1, 0.15) is 45.4 Å². The molecular weight excluding hydrogens is 400 g/mol. The Morgan fingerprint density at radius 3 is 2.70 bits per heavy atom. The number of carbonyl (C=O) groups is 1. The molecule has 0 saturated heterocycles. The van der Waals surface area contributed by atoms with Gasteiger partial charge in [-0.25, -0.2) is 14.6 Å². The topological polar surface area (TPSA) is 77.6 Å². The van der Waals surface area contributed by atoms with Crippen molar-refractivity contribution >= 4 is 34.5 Å². The molecule has 0 aliphatic heterocycles. The molecule has 1 aromatic carbocycles. The van der Waals surface area contributed by atoms with Crippen LogP contribution in [-0.4, -0.2) is 30.2 Å². The molecule has 30 heavy (non-hydrogen) atoms. The highest BCUT2D eigenvalue weighted by atomic mass is 35.5. The van der Waals surface area contributed by atoms with E-state index >= 15 is 0 Å². The lowest BCUT2D eigenvalue weighted by atomic mass is 9.46. The first kappa shape index (κ1) is 18.4. The zero-order valence-corrected chi connectivity index (χ0v) is 17.8. The normalized spacial score (nSPS) is 32.1. The lowest BCUT2D eigenvalue weighted by Gasteiger charge is -2.60. The fraction of sp³-hybridized carbons (Fsp3) is 0.545. The van der Waals surface area contributed by atoms with E-state index in [4.69, 9.17) is 16.6 Å². The second-order valence-corrected chi connectivity index (χ2v) is 9.88. The van der Waals surface area contributed by atoms with E-state index in [1.54, 1.807) is 6.33 Å². The Morgan fingerprint density at radius 2 is 2.00 bits per heavy atom. The van der Waals surface area contributed by atoms with Gasteiger partial charge in [0.2, 0.25) is 17.1 Å². The zero-order chi connectivity index (χ0) is 20.5. The van der Waals surface area contributed by atoms with Gasteiger partial charge >= 0.3 is 0 Å². The molecule has 8 heteroatoms. The minimum absolute atomic E-state index is 0.109. The predicted molar refractivity (Wildman–Crippen MR) is 114 cm³/mol. The van der Waals surface area contributed by atoms with E-state index in [1.807, 2.05) is 22.9 Å². The number of carbonyl (C=O) groups excluding carboxylic acids is 1. The van der Waals surface area contributed by atoms with Gasteiger partial charge in [-0.05, 0) is 81.0 Å². The average Bonchev–Trinajstić information content (AvgIpc) is 3.30. The molecule has 4 fully saturated rings. The summed E-state index contributed by atoms with van der Waals surface area (Å²) in [6, 6.07) is 8.03. The number of benzene rings is 1. The molecule has 4 aliphatic carbocycles. The molecule has 2 heterocycles. The summed E-state index contributed by atoms with van der Waals surface area (Å²) >= 11 is 6.04. The van der Waals surface area contributed by atoms with E-state index in [1.165, 1.54) is 6.42 Å². The summed E-state index contributed by atoms with van der Waals surface area (Å²) < 4.78 is 4.04. The highest BCUT2D eigenvalue weighted by Gasteiger charge is 2.61. The Morgan fingerprint density at radius 1 is 1.23 bits per heavy atom. The number of nitrogens with zero attached hydrogens (tertiary/aromatic N) is 5. The van der Waals surface area contributed by atoms with Crippen LogP contribution in [0.25, 0.3) is 11.0 Å². The van der Waals surface area contributed by atoms with Crippen LogP contribution in [0.2, 0.25) is 5.28 Å². The molecule has 7 rings (SSSR count). The van der Waals surface area contributed by atoms with Gasteiger partial charge in [0, 0.05) is 6.54 Å². The van der Waals surface area contributed by atoms with E-state index in [-0.39, 0.29) is 22.1 Å². The number of anilines is 1. The molecule has 0 spiro atoms. The quantitative estimate of drug-likeness (QED) is 0.679. The minimum atomic E-state index is -0.376. The molecule has 1 amide bonds. The monoisotopic (exact) mass is 424 g/mol. The van der Waals surface area contributed by atoms with Crippen LogP contribution in [0.4, 0.5) is 5.95 Å². The van der Waals surface area contributed by atoms with E-state index in [0.29, 0.717) is 17.8 Å². The smallest absolute Gasteiger partial charge is 0.242 e. The van der Waals surface area contributed by atoms with Crippen molar-refractivity contribution in [3.63, 3.8) is 0 Å². The maximum Gasteiger partial charge on any atom is 0.242 e. The second kappa shape index (κ2) is 6.30. The third-order valence-electron chi connectivity index (χ3n) is 7.66. The standard InChI is InChI=1S/C22H25ClN6O/c1-2-28-17-6-4-3-5-16(17)25-20(28)26-18(30)21-8-14-7-15(9-21)11-22(10-14,12-21)29-13-24-19(23)27-29/h3-6,13-15H,2,7-12H2,1H3,(H,25,26,30)/t14-,15+,21?,22?. The summed E-state index contributed by atoms with van der Waals surface area (Å²) in [5.41, 5.74) is 1.44. The number of aromatic nitrogens is 5. The molecule has 4 saturated carbocycles. The van der Waals surface area contributed by atoms with Gasteiger partial charge < -0.3 is 4.57 Å². The van der Waals surface area contributed by atoms with Gasteiger partial charge in [0.05, 0.1) is 22.0 Å². The van der Waals surface area contributed by atoms with Crippen molar-refractivity contribution in [3.8, 4) is 0 Å². The van der Waals surface area contributed by atoms with Crippen molar-refractivity contribution < 1.29 is 4.79 Å². The lowest BCUT2D eigenvalue weighted by Crippen LogP contribution is -2.60. The number of hydrogen-bond acceptors (Lipinski definition) is 4. The van der Waals surface area contributed by atoms with Gasteiger partial charge in [-0.3, -0.25) is 10.1 Å². The van der Waals surface area contributed by atoms with Crippen molar-refractivity contribution in [2.45, 2.75) is 57.5 Å². The molecule has 3 aromatic rings. The lowest BCUT2D eigenvalue weighted by molar-refractivity contribution is -0.150. The Hall–Kier alpha value is -2.41. The SMILES string of the molecule is CCn1c(NC(=O)C23C[C@H]4C[C@@H](C2)CC(n2cnc(Cl)n2)(C4)C3)nc2ccccc21. The molecule has 2 aromatic heterocycles. The van der Waals surface area contributed by atoms with Crippen molar-refractivity contribution in [3.05, 3.63) is 35.9 Å². The van der Waals surface area contributed by atoms with E-state index in [2.05, 4.69) is 33.0 Å². The molecule has 4 bridgehead atoms. The average molecular weight is 425 g/mol. The fourth-order valence-corrected chi connectivity index (χ4v) is 7.07. The number of aryl methyl sites for hydroxylation is 1. The Bertz CT molecular complexity index is 1140. The molecule has 1 N–H and O–H groups in total. The van der Waals surface area contributed by atoms with Gasteiger partial charge in [-0.1, -0.05) is 12.1 Å². The third-order valence-corrected chi connectivity index (χ3v) is 7.83. The highest BCUT2D eigenvalue weighted by Crippen LogP contribution is 2.64. The summed E-state index contributed by atoms with van der Waals surface area (Å²) in [5.74, 6) is 1.85. The number of amides is 1. The molecule has 156 valence electrons. The molecule has 0 radical (unpaired) electrons. The van der Waals surface area contributed by atoms with Crippen LogP contribution in [0.3, 0.4) is 0 Å². The first-order valence-corrected chi connectivity index (χ1v) is 11.2. The first-order chi connectivity index (χ1) is 14.5. The van der Waals surface area contributed by atoms with E-state index in [0.717, 1.165) is 49.7 Å². The summed E-state index contributed by atoms with van der Waals surface area (Å²) in [7, 11) is 0. The predicted octanol–water partition coefficient (Wildman–Crippen LogP) is 4.24. The first-order valence-electron chi connectivity index (χ1n) is 10.8. The number of para-hydroxylation sites is 2. The van der Waals surface area contributed by atoms with Crippen molar-refractivity contribution in [1.82, 2.24) is 24.3 Å². The Labute approximate surface area is 179 Å². The number of hydrogen-bond donors (Lipinski definition) is 1. The van der Waals surface area contributed by atoms with Gasteiger partial charge in [0.25, 0.3) is 0 Å². The van der Waals surface area contributed by atoms with Crippen LogP contribution >= 0.6 is 11.6 Å². The van der Waals surface area contributed by atoms with Crippen LogP contribution in [0, 0.1) is 17.3 Å². The van der Waals surface area contributed by atoms with Gasteiger partial charge in [-0.15, -0.1) is 5.10 Å². The van der Waals surface area contributed by atoms with Crippen LogP contribution in [0.5, 0.6) is 0 Å². The summed E-state index contributed by atoms with van der Waals surface area (Å²) in [4.78, 5) is 22.6. The third kappa shape index (κ3) is 2.57. The number of rotatable bonds is 4. The molecule has 4 atom stereocenters. The largest absolute Gasteiger partial charge is 0.310 e. The minimum Gasteiger partial charge on any atom is -0.310 e. The number of nitrogens with one attached hydrogen (secondary N) is 1.